The smallest absolute Gasteiger partial charge is 0.271 e. The summed E-state index contributed by atoms with van der Waals surface area (Å²) in [6.07, 6.45) is 1.22. The van der Waals surface area contributed by atoms with Crippen molar-refractivity contribution in [3.8, 4) is 0 Å². The van der Waals surface area contributed by atoms with Crippen molar-refractivity contribution in [2.75, 3.05) is 0 Å². The topological polar surface area (TPSA) is 78.0 Å². The first kappa shape index (κ1) is 10.3. The lowest BCUT2D eigenvalue weighted by atomic mass is 10.2. The molecule has 0 saturated heterocycles. The maximum Gasteiger partial charge on any atom is 0.271 e. The summed E-state index contributed by atoms with van der Waals surface area (Å²) in [4.78, 5) is 25.5. The van der Waals surface area contributed by atoms with Crippen molar-refractivity contribution in [3.63, 3.8) is 0 Å². The minimum atomic E-state index is -0.489. The van der Waals surface area contributed by atoms with Gasteiger partial charge in [0.15, 0.2) is 0 Å². The Balaban J connectivity index is 2.83. The quantitative estimate of drug-likeness (QED) is 0.563. The van der Waals surface area contributed by atoms with E-state index in [-0.39, 0.29) is 11.2 Å². The molecule has 1 heterocycles. The van der Waals surface area contributed by atoms with Gasteiger partial charge in [-0.15, -0.1) is 0 Å². The van der Waals surface area contributed by atoms with E-state index < -0.39 is 4.92 Å². The van der Waals surface area contributed by atoms with Gasteiger partial charge >= 0.3 is 0 Å². The maximum atomic E-state index is 11.5. The van der Waals surface area contributed by atoms with Gasteiger partial charge in [-0.3, -0.25) is 14.9 Å². The summed E-state index contributed by atoms with van der Waals surface area (Å²) in [5.41, 5.74) is 0.772. The molecule has 0 bridgehead atoms. The van der Waals surface area contributed by atoms with Crippen LogP contribution in [0.15, 0.2) is 29.2 Å². The van der Waals surface area contributed by atoms with Gasteiger partial charge in [-0.1, -0.05) is 0 Å². The fourth-order valence-electron chi connectivity index (χ4n) is 1.59. The molecule has 0 N–H and O–H groups in total. The van der Waals surface area contributed by atoms with Gasteiger partial charge in [-0.2, -0.15) is 0 Å². The Bertz CT molecular complexity index is 618. The van der Waals surface area contributed by atoms with E-state index in [1.54, 1.807) is 13.0 Å². The number of aryl methyl sites for hydroxylation is 1. The second-order valence-electron chi connectivity index (χ2n) is 3.27. The fourth-order valence-corrected chi connectivity index (χ4v) is 1.59. The standard InChI is InChI=1S/C10H9N3O3/c1-2-12-9-5-7(13(15)16)3-4-8(9)11-6-10(12)14/h3-6H,2H2,1H3. The highest BCUT2D eigenvalue weighted by atomic mass is 16.6. The molecule has 0 atom stereocenters. The van der Waals surface area contributed by atoms with Gasteiger partial charge in [0.1, 0.15) is 0 Å². The Kier molecular flexibility index (Phi) is 2.40. The van der Waals surface area contributed by atoms with Crippen LogP contribution in [-0.2, 0) is 6.54 Å². The van der Waals surface area contributed by atoms with Crippen LogP contribution in [0.4, 0.5) is 5.69 Å². The van der Waals surface area contributed by atoms with Crippen LogP contribution in [0.1, 0.15) is 6.92 Å². The van der Waals surface area contributed by atoms with Crippen LogP contribution in [0.5, 0.6) is 0 Å². The zero-order chi connectivity index (χ0) is 11.7. The number of nitrogens with zero attached hydrogens (tertiary/aromatic N) is 3. The third kappa shape index (κ3) is 1.54. The van der Waals surface area contributed by atoms with Gasteiger partial charge < -0.3 is 4.57 Å². The number of benzene rings is 1. The number of nitro benzene ring substituents is 1. The molecule has 0 aliphatic rings. The van der Waals surface area contributed by atoms with Crippen molar-refractivity contribution < 1.29 is 4.92 Å². The predicted octanol–water partition coefficient (Wildman–Crippen LogP) is 1.32. The molecule has 0 aliphatic heterocycles. The zero-order valence-corrected chi connectivity index (χ0v) is 8.58. The number of aromatic nitrogens is 2. The van der Waals surface area contributed by atoms with Gasteiger partial charge in [0.2, 0.25) is 0 Å². The first-order chi connectivity index (χ1) is 7.63. The summed E-state index contributed by atoms with van der Waals surface area (Å²) in [7, 11) is 0. The maximum absolute atomic E-state index is 11.5. The second kappa shape index (κ2) is 3.73. The van der Waals surface area contributed by atoms with E-state index in [4.69, 9.17) is 0 Å². The molecule has 82 valence electrons. The zero-order valence-electron chi connectivity index (χ0n) is 8.58. The Labute approximate surface area is 90.3 Å². The van der Waals surface area contributed by atoms with Crippen LogP contribution < -0.4 is 5.56 Å². The average Bonchev–Trinajstić information content (AvgIpc) is 2.28. The summed E-state index contributed by atoms with van der Waals surface area (Å²) < 4.78 is 1.45. The molecule has 1 aromatic heterocycles. The Morgan fingerprint density at radius 3 is 2.88 bits per heavy atom. The fraction of sp³-hybridized carbons (Fsp3) is 0.200. The molecule has 2 rings (SSSR count). The molecule has 0 amide bonds. The molecule has 16 heavy (non-hydrogen) atoms. The highest BCUT2D eigenvalue weighted by Crippen LogP contribution is 2.17. The van der Waals surface area contributed by atoms with Crippen molar-refractivity contribution in [1.29, 1.82) is 0 Å². The van der Waals surface area contributed by atoms with Crippen LogP contribution in [-0.4, -0.2) is 14.5 Å². The SMILES string of the molecule is CCn1c(=O)cnc2ccc([N+](=O)[O-])cc21. The normalized spacial score (nSPS) is 10.6. The number of nitro groups is 1. The lowest BCUT2D eigenvalue weighted by molar-refractivity contribution is -0.384. The number of fused-ring (bicyclic) bond motifs is 1. The Hall–Kier alpha value is -2.24. The number of rotatable bonds is 2. The average molecular weight is 219 g/mol. The number of hydrogen-bond donors (Lipinski definition) is 0. The molecule has 0 saturated carbocycles. The lowest BCUT2D eigenvalue weighted by Gasteiger charge is -2.05. The van der Waals surface area contributed by atoms with E-state index in [0.29, 0.717) is 17.6 Å². The monoisotopic (exact) mass is 219 g/mol. The molecule has 0 fully saturated rings. The summed E-state index contributed by atoms with van der Waals surface area (Å²) in [5.74, 6) is 0. The van der Waals surface area contributed by atoms with E-state index >= 15 is 0 Å². The van der Waals surface area contributed by atoms with Crippen LogP contribution >= 0.6 is 0 Å². The highest BCUT2D eigenvalue weighted by molar-refractivity contribution is 5.77. The van der Waals surface area contributed by atoms with Gasteiger partial charge in [0, 0.05) is 18.7 Å². The Morgan fingerprint density at radius 1 is 1.50 bits per heavy atom. The van der Waals surface area contributed by atoms with Gasteiger partial charge in [0.05, 0.1) is 22.2 Å². The molecule has 6 heteroatoms. The Morgan fingerprint density at radius 2 is 2.25 bits per heavy atom. The van der Waals surface area contributed by atoms with E-state index in [1.807, 2.05) is 0 Å². The molecule has 0 aliphatic carbocycles. The van der Waals surface area contributed by atoms with E-state index in [9.17, 15) is 14.9 Å². The largest absolute Gasteiger partial charge is 0.305 e. The van der Waals surface area contributed by atoms with E-state index in [1.165, 1.54) is 22.9 Å². The highest BCUT2D eigenvalue weighted by Gasteiger charge is 2.09. The van der Waals surface area contributed by atoms with Crippen molar-refractivity contribution in [2.45, 2.75) is 13.5 Å². The molecule has 1 aromatic carbocycles. The third-order valence-corrected chi connectivity index (χ3v) is 2.36. The second-order valence-corrected chi connectivity index (χ2v) is 3.27. The van der Waals surface area contributed by atoms with Gasteiger partial charge in [-0.25, -0.2) is 4.98 Å². The van der Waals surface area contributed by atoms with E-state index in [2.05, 4.69) is 4.98 Å². The van der Waals surface area contributed by atoms with E-state index in [0.717, 1.165) is 0 Å². The number of hydrogen-bond acceptors (Lipinski definition) is 4. The summed E-state index contributed by atoms with van der Waals surface area (Å²) >= 11 is 0. The molecule has 2 aromatic rings. The van der Waals surface area contributed by atoms with Crippen molar-refractivity contribution >= 4 is 16.7 Å². The van der Waals surface area contributed by atoms with Crippen LogP contribution in [0, 0.1) is 10.1 Å². The lowest BCUT2D eigenvalue weighted by Crippen LogP contribution is -2.19. The first-order valence-corrected chi connectivity index (χ1v) is 4.77. The minimum absolute atomic E-state index is 0.0397. The van der Waals surface area contributed by atoms with Gasteiger partial charge in [-0.05, 0) is 13.0 Å². The van der Waals surface area contributed by atoms with Crippen molar-refractivity contribution in [1.82, 2.24) is 9.55 Å². The van der Waals surface area contributed by atoms with Crippen LogP contribution in [0.3, 0.4) is 0 Å². The summed E-state index contributed by atoms with van der Waals surface area (Å²) in [6, 6.07) is 4.28. The van der Waals surface area contributed by atoms with Crippen LogP contribution in [0.25, 0.3) is 11.0 Å². The summed E-state index contributed by atoms with van der Waals surface area (Å²) in [5, 5.41) is 10.6. The molecule has 0 unspecified atom stereocenters. The molecule has 0 radical (unpaired) electrons. The van der Waals surface area contributed by atoms with Crippen molar-refractivity contribution in [3.05, 3.63) is 44.9 Å². The van der Waals surface area contributed by atoms with Gasteiger partial charge in [0.25, 0.3) is 11.2 Å². The van der Waals surface area contributed by atoms with Crippen molar-refractivity contribution in [2.24, 2.45) is 0 Å². The minimum Gasteiger partial charge on any atom is -0.305 e. The summed E-state index contributed by atoms with van der Waals surface area (Å²) in [6.45, 7) is 2.26. The predicted molar refractivity (Wildman–Crippen MR) is 58.3 cm³/mol. The molecule has 6 nitrogen and oxygen atoms in total. The number of non-ortho nitro benzene ring substituents is 1. The molecular weight excluding hydrogens is 210 g/mol. The van der Waals surface area contributed by atoms with Crippen LogP contribution in [0.2, 0.25) is 0 Å². The molecular formula is C10H9N3O3. The third-order valence-electron chi connectivity index (χ3n) is 2.36. The molecule has 0 spiro atoms. The first-order valence-electron chi connectivity index (χ1n) is 4.77.